The van der Waals surface area contributed by atoms with Crippen LogP contribution >= 0.6 is 27.9 Å². The van der Waals surface area contributed by atoms with Crippen molar-refractivity contribution in [1.82, 2.24) is 19.6 Å². The molecule has 32 heavy (non-hydrogen) atoms. The van der Waals surface area contributed by atoms with E-state index in [9.17, 15) is 9.65 Å². The van der Waals surface area contributed by atoms with Crippen molar-refractivity contribution < 1.29 is 4.39 Å². The van der Waals surface area contributed by atoms with Gasteiger partial charge in [-0.25, -0.2) is 0 Å². The Labute approximate surface area is 199 Å². The zero-order valence-corrected chi connectivity index (χ0v) is 20.3. The normalized spacial score (nSPS) is 19.6. The van der Waals surface area contributed by atoms with Crippen molar-refractivity contribution in [2.45, 2.75) is 24.6 Å². The van der Waals surface area contributed by atoms with Gasteiger partial charge >= 0.3 is 184 Å². The van der Waals surface area contributed by atoms with Gasteiger partial charge in [-0.2, -0.15) is 0 Å². The van der Waals surface area contributed by atoms with Gasteiger partial charge in [0.1, 0.15) is 0 Å². The summed E-state index contributed by atoms with van der Waals surface area (Å²) >= 11 is 5.06. The average Bonchev–Trinajstić information content (AvgIpc) is 2.84. The number of nitriles is 1. The second-order valence-corrected chi connectivity index (χ2v) is 10.8. The summed E-state index contributed by atoms with van der Waals surface area (Å²) in [6.07, 6.45) is 3.43. The number of hydrogen-bond donors (Lipinski definition) is 2. The Bertz CT molecular complexity index is 1240. The van der Waals surface area contributed by atoms with E-state index in [-0.39, 0.29) is 16.6 Å². The molecule has 6 nitrogen and oxygen atoms in total. The fraction of sp³-hybridized carbons (Fsp3) is 0.273. The summed E-state index contributed by atoms with van der Waals surface area (Å²) < 4.78 is 17.6. The molecule has 0 aliphatic carbocycles. The Kier molecular flexibility index (Phi) is 6.51. The summed E-state index contributed by atoms with van der Waals surface area (Å²) in [5, 5.41) is 16.9. The zero-order valence-electron chi connectivity index (χ0n) is 17.9. The third-order valence-corrected chi connectivity index (χ3v) is 6.78. The Morgan fingerprint density at radius 3 is 2.94 bits per heavy atom. The monoisotopic (exact) mass is 510 g/mol. The summed E-state index contributed by atoms with van der Waals surface area (Å²) in [5.74, 6) is 2.39. The molecule has 3 heterocycles. The van der Waals surface area contributed by atoms with Crippen molar-refractivity contribution >= 4 is 62.8 Å². The molecule has 162 valence electrons. The van der Waals surface area contributed by atoms with Crippen LogP contribution in [-0.4, -0.2) is 45.1 Å². The molecule has 0 amide bonds. The van der Waals surface area contributed by atoms with Crippen LogP contribution in [0.4, 0.5) is 15.9 Å². The number of halogens is 2. The Hall–Kier alpha value is -2.48. The van der Waals surface area contributed by atoms with Gasteiger partial charge in [-0.1, -0.05) is 0 Å². The topological polar surface area (TPSA) is 76.9 Å². The van der Waals surface area contributed by atoms with Gasteiger partial charge in [-0.05, 0) is 15.9 Å². The number of anilines is 2. The SMILES string of the molecule is CN1CC(c2cc(Nc3nccc4cc(Br)cnc34)ccc2F)NC(=BC#N)C(C)(C)S1. The van der Waals surface area contributed by atoms with Gasteiger partial charge in [0.25, 0.3) is 0 Å². The van der Waals surface area contributed by atoms with E-state index in [4.69, 9.17) is 0 Å². The number of aromatic nitrogens is 2. The van der Waals surface area contributed by atoms with Crippen LogP contribution in [0.2, 0.25) is 0 Å². The maximum absolute atomic E-state index is 14.9. The number of nitrogens with zero attached hydrogens (tertiary/aromatic N) is 4. The number of pyridine rings is 2. The van der Waals surface area contributed by atoms with E-state index >= 15 is 0 Å². The van der Waals surface area contributed by atoms with Gasteiger partial charge in [0.05, 0.1) is 0 Å². The summed E-state index contributed by atoms with van der Waals surface area (Å²) in [6, 6.07) is 8.45. The maximum atomic E-state index is 14.9. The van der Waals surface area contributed by atoms with Crippen molar-refractivity contribution in [3.05, 3.63) is 58.6 Å². The van der Waals surface area contributed by atoms with Crippen LogP contribution in [0.5, 0.6) is 0 Å². The minimum atomic E-state index is -0.335. The molecule has 3 aromatic rings. The number of likely N-dealkylation sites (N-methyl/N-ethyl adjacent to an activating group) is 1. The van der Waals surface area contributed by atoms with E-state index < -0.39 is 0 Å². The molecule has 0 radical (unpaired) electrons. The Morgan fingerprint density at radius 2 is 2.16 bits per heavy atom. The van der Waals surface area contributed by atoms with Crippen LogP contribution in [0.1, 0.15) is 25.5 Å². The van der Waals surface area contributed by atoms with Crippen molar-refractivity contribution in [2.75, 3.05) is 18.9 Å². The molecule has 1 unspecified atom stereocenters. The van der Waals surface area contributed by atoms with Crippen molar-refractivity contribution in [3.8, 4) is 5.97 Å². The first-order valence-corrected chi connectivity index (χ1v) is 11.6. The molecule has 2 aromatic heterocycles. The van der Waals surface area contributed by atoms with Gasteiger partial charge in [-0.15, -0.1) is 0 Å². The quantitative estimate of drug-likeness (QED) is 0.394. The van der Waals surface area contributed by atoms with E-state index in [1.165, 1.54) is 13.0 Å². The van der Waals surface area contributed by atoms with Crippen molar-refractivity contribution in [2.24, 2.45) is 0 Å². The number of hydrogen-bond acceptors (Lipinski definition) is 7. The van der Waals surface area contributed by atoms with Crippen LogP contribution in [-0.2, 0) is 0 Å². The molecule has 2 N–H and O–H groups in total. The summed E-state index contributed by atoms with van der Waals surface area (Å²) in [7, 11) is 1.97. The number of nitrogens with one attached hydrogen (secondary N) is 2. The van der Waals surface area contributed by atoms with Crippen LogP contribution in [0, 0.1) is 17.0 Å². The number of benzene rings is 1. The Morgan fingerprint density at radius 1 is 1.34 bits per heavy atom. The molecule has 4 rings (SSSR count). The molecule has 0 bridgehead atoms. The number of rotatable bonds is 3. The van der Waals surface area contributed by atoms with E-state index in [0.29, 0.717) is 23.6 Å². The molecular formula is C22H21BBrFN6S. The second kappa shape index (κ2) is 9.18. The molecular weight excluding hydrogens is 490 g/mol. The van der Waals surface area contributed by atoms with Gasteiger partial charge in [0.2, 0.25) is 0 Å². The third-order valence-electron chi connectivity index (χ3n) is 5.21. The second-order valence-electron chi connectivity index (χ2n) is 8.04. The summed E-state index contributed by atoms with van der Waals surface area (Å²) in [4.78, 5) is 8.89. The van der Waals surface area contributed by atoms with E-state index in [1.54, 1.807) is 36.5 Å². The van der Waals surface area contributed by atoms with Gasteiger partial charge in [0.15, 0.2) is 0 Å². The fourth-order valence-electron chi connectivity index (χ4n) is 3.75. The predicted molar refractivity (Wildman–Crippen MR) is 133 cm³/mol. The zero-order chi connectivity index (χ0) is 22.9. The molecule has 0 spiro atoms. The van der Waals surface area contributed by atoms with Crippen LogP contribution < -0.4 is 10.6 Å². The predicted octanol–water partition coefficient (Wildman–Crippen LogP) is 4.59. The van der Waals surface area contributed by atoms with E-state index in [1.807, 2.05) is 33.0 Å². The van der Waals surface area contributed by atoms with Crippen molar-refractivity contribution in [1.29, 1.82) is 5.26 Å². The molecule has 10 heteroatoms. The third kappa shape index (κ3) is 4.80. The van der Waals surface area contributed by atoms with Gasteiger partial charge < -0.3 is 0 Å². The van der Waals surface area contributed by atoms with Crippen molar-refractivity contribution in [3.63, 3.8) is 0 Å². The Balaban J connectivity index is 1.69. The summed E-state index contributed by atoms with van der Waals surface area (Å²) in [6.45, 7) is 6.15. The van der Waals surface area contributed by atoms with Gasteiger partial charge in [0, 0.05) is 0 Å². The molecule has 1 aliphatic rings. The molecule has 0 saturated carbocycles. The van der Waals surface area contributed by atoms with E-state index in [0.717, 1.165) is 21.0 Å². The van der Waals surface area contributed by atoms with Crippen LogP contribution in [0.15, 0.2) is 47.2 Å². The molecule has 1 saturated heterocycles. The molecule has 1 atom stereocenters. The first-order valence-electron chi connectivity index (χ1n) is 10.0. The summed E-state index contributed by atoms with van der Waals surface area (Å²) in [5.41, 5.74) is 2.71. The number of fused-ring (bicyclic) bond motifs is 1. The first kappa shape index (κ1) is 22.7. The van der Waals surface area contributed by atoms with E-state index in [2.05, 4.69) is 46.8 Å². The molecule has 1 aliphatic heterocycles. The fourth-order valence-corrected chi connectivity index (χ4v) is 5.31. The molecule has 1 aromatic carbocycles. The first-order chi connectivity index (χ1) is 15.3. The standard InChI is InChI=1S/C22H21BBrFN6S/c1-22(2)21(23-12-26)30-18(11-31(3)32-22)16-9-15(4-5-17(16)25)29-20-19-13(6-7-27-20)8-14(24)10-28-19/h4-10,18,30H,11H2,1-3H3,(H,27,29). The molecule has 1 fully saturated rings. The van der Waals surface area contributed by atoms with Crippen LogP contribution in [0.3, 0.4) is 0 Å². The average molecular weight is 511 g/mol. The van der Waals surface area contributed by atoms with Gasteiger partial charge in [-0.3, -0.25) is 0 Å². The minimum absolute atomic E-state index is 0.310. The van der Waals surface area contributed by atoms with Crippen LogP contribution in [0.25, 0.3) is 10.9 Å².